The lowest BCUT2D eigenvalue weighted by atomic mass is 10.1. The number of carboxylic acid groups (broad SMARTS) is 1. The fraction of sp³-hybridized carbons (Fsp3) is 0.417. The number of phenolic OH excluding ortho intramolecular Hbond substituents is 1. The molecule has 1 aromatic carbocycles. The number of hydrogen-bond donors (Lipinski definition) is 3. The molecule has 0 heterocycles. The highest BCUT2D eigenvalue weighted by Gasteiger charge is 2.04. The van der Waals surface area contributed by atoms with Crippen molar-refractivity contribution in [3.8, 4) is 5.75 Å². The number of benzene rings is 1. The second kappa shape index (κ2) is 6.12. The SMILES string of the molecule is CC(Cc1ccc(O)cc1)NCCC(=O)O. The van der Waals surface area contributed by atoms with Crippen LogP contribution in [0.25, 0.3) is 0 Å². The number of aromatic hydroxyl groups is 1. The lowest BCUT2D eigenvalue weighted by molar-refractivity contribution is -0.136. The molecule has 0 aliphatic heterocycles. The Balaban J connectivity index is 2.31. The van der Waals surface area contributed by atoms with E-state index in [1.54, 1.807) is 12.1 Å². The lowest BCUT2D eigenvalue weighted by Gasteiger charge is -2.12. The molecule has 4 nitrogen and oxygen atoms in total. The minimum absolute atomic E-state index is 0.139. The molecule has 1 aromatic rings. The van der Waals surface area contributed by atoms with Crippen LogP contribution in [0.4, 0.5) is 0 Å². The van der Waals surface area contributed by atoms with Crippen molar-refractivity contribution in [1.29, 1.82) is 0 Å². The highest BCUT2D eigenvalue weighted by atomic mass is 16.4. The van der Waals surface area contributed by atoms with Gasteiger partial charge in [-0.2, -0.15) is 0 Å². The number of hydrogen-bond acceptors (Lipinski definition) is 3. The third-order valence-electron chi connectivity index (χ3n) is 2.31. The third-order valence-corrected chi connectivity index (χ3v) is 2.31. The van der Waals surface area contributed by atoms with Crippen LogP contribution in [0.1, 0.15) is 18.9 Å². The molecule has 0 saturated carbocycles. The molecule has 88 valence electrons. The first kappa shape index (κ1) is 12.5. The van der Waals surface area contributed by atoms with Crippen molar-refractivity contribution in [2.75, 3.05) is 6.54 Å². The Labute approximate surface area is 94.9 Å². The van der Waals surface area contributed by atoms with Crippen LogP contribution in [-0.4, -0.2) is 28.8 Å². The normalized spacial score (nSPS) is 12.3. The Hall–Kier alpha value is -1.55. The second-order valence-corrected chi connectivity index (χ2v) is 3.87. The van der Waals surface area contributed by atoms with Gasteiger partial charge in [-0.05, 0) is 31.0 Å². The van der Waals surface area contributed by atoms with Gasteiger partial charge in [-0.25, -0.2) is 0 Å². The Morgan fingerprint density at radius 2 is 2.00 bits per heavy atom. The van der Waals surface area contributed by atoms with Crippen LogP contribution in [0.5, 0.6) is 5.75 Å². The van der Waals surface area contributed by atoms with E-state index in [2.05, 4.69) is 5.32 Å². The molecule has 0 saturated heterocycles. The molecule has 0 aliphatic rings. The van der Waals surface area contributed by atoms with Crippen LogP contribution in [0.15, 0.2) is 24.3 Å². The molecular formula is C12H17NO3. The third kappa shape index (κ3) is 4.79. The van der Waals surface area contributed by atoms with Gasteiger partial charge in [0.1, 0.15) is 5.75 Å². The summed E-state index contributed by atoms with van der Waals surface area (Å²) >= 11 is 0. The summed E-state index contributed by atoms with van der Waals surface area (Å²) in [7, 11) is 0. The van der Waals surface area contributed by atoms with Crippen molar-refractivity contribution >= 4 is 5.97 Å². The number of phenols is 1. The zero-order valence-corrected chi connectivity index (χ0v) is 9.31. The van der Waals surface area contributed by atoms with Crippen molar-refractivity contribution < 1.29 is 15.0 Å². The smallest absolute Gasteiger partial charge is 0.304 e. The Bertz CT molecular complexity index is 335. The van der Waals surface area contributed by atoms with Crippen molar-refractivity contribution in [2.24, 2.45) is 0 Å². The van der Waals surface area contributed by atoms with Gasteiger partial charge in [-0.15, -0.1) is 0 Å². The van der Waals surface area contributed by atoms with E-state index in [9.17, 15) is 4.79 Å². The van der Waals surface area contributed by atoms with Gasteiger partial charge in [0.25, 0.3) is 0 Å². The first-order valence-corrected chi connectivity index (χ1v) is 5.31. The summed E-state index contributed by atoms with van der Waals surface area (Å²) in [4.78, 5) is 10.3. The van der Waals surface area contributed by atoms with E-state index in [4.69, 9.17) is 10.2 Å². The Kier molecular flexibility index (Phi) is 4.79. The summed E-state index contributed by atoms with van der Waals surface area (Å²) in [6.07, 6.45) is 0.958. The fourth-order valence-corrected chi connectivity index (χ4v) is 1.48. The van der Waals surface area contributed by atoms with E-state index in [1.165, 1.54) is 0 Å². The molecule has 0 fully saturated rings. The van der Waals surface area contributed by atoms with E-state index >= 15 is 0 Å². The maximum absolute atomic E-state index is 10.3. The largest absolute Gasteiger partial charge is 0.508 e. The molecule has 3 N–H and O–H groups in total. The summed E-state index contributed by atoms with van der Waals surface area (Å²) in [6, 6.07) is 7.26. The van der Waals surface area contributed by atoms with E-state index in [0.29, 0.717) is 6.54 Å². The fourth-order valence-electron chi connectivity index (χ4n) is 1.48. The summed E-state index contributed by atoms with van der Waals surface area (Å²) in [5.74, 6) is -0.528. The standard InChI is InChI=1S/C12H17NO3/c1-9(13-7-6-12(15)16)8-10-2-4-11(14)5-3-10/h2-5,9,13-14H,6-8H2,1H3,(H,15,16). The topological polar surface area (TPSA) is 69.6 Å². The second-order valence-electron chi connectivity index (χ2n) is 3.87. The van der Waals surface area contributed by atoms with Crippen molar-refractivity contribution in [3.63, 3.8) is 0 Å². The minimum Gasteiger partial charge on any atom is -0.508 e. The van der Waals surface area contributed by atoms with E-state index in [1.807, 2.05) is 19.1 Å². The number of nitrogens with one attached hydrogen (secondary N) is 1. The van der Waals surface area contributed by atoms with Crippen LogP contribution in [0.3, 0.4) is 0 Å². The monoisotopic (exact) mass is 223 g/mol. The van der Waals surface area contributed by atoms with Gasteiger partial charge in [0.05, 0.1) is 6.42 Å². The Morgan fingerprint density at radius 1 is 1.38 bits per heavy atom. The van der Waals surface area contributed by atoms with Gasteiger partial charge in [-0.3, -0.25) is 4.79 Å². The van der Waals surface area contributed by atoms with Crippen LogP contribution >= 0.6 is 0 Å². The molecule has 0 bridgehead atoms. The van der Waals surface area contributed by atoms with Gasteiger partial charge in [-0.1, -0.05) is 12.1 Å². The van der Waals surface area contributed by atoms with Gasteiger partial charge in [0, 0.05) is 12.6 Å². The first-order valence-electron chi connectivity index (χ1n) is 5.31. The zero-order chi connectivity index (χ0) is 12.0. The van der Waals surface area contributed by atoms with Crippen LogP contribution in [-0.2, 0) is 11.2 Å². The molecule has 0 amide bonds. The van der Waals surface area contributed by atoms with E-state index in [-0.39, 0.29) is 18.2 Å². The van der Waals surface area contributed by atoms with Crippen LogP contribution in [0.2, 0.25) is 0 Å². The Morgan fingerprint density at radius 3 is 2.56 bits per heavy atom. The molecule has 0 spiro atoms. The number of aliphatic carboxylic acids is 1. The van der Waals surface area contributed by atoms with Gasteiger partial charge in [0.2, 0.25) is 0 Å². The lowest BCUT2D eigenvalue weighted by Crippen LogP contribution is -2.30. The number of carbonyl (C=O) groups is 1. The van der Waals surface area contributed by atoms with E-state index in [0.717, 1.165) is 12.0 Å². The van der Waals surface area contributed by atoms with Gasteiger partial charge < -0.3 is 15.5 Å². The molecule has 1 unspecified atom stereocenters. The summed E-state index contributed by atoms with van der Waals surface area (Å²) in [5, 5.41) is 20.7. The predicted octanol–water partition coefficient (Wildman–Crippen LogP) is 1.39. The molecule has 0 radical (unpaired) electrons. The average molecular weight is 223 g/mol. The average Bonchev–Trinajstić information content (AvgIpc) is 2.21. The van der Waals surface area contributed by atoms with Gasteiger partial charge >= 0.3 is 5.97 Å². The van der Waals surface area contributed by atoms with Crippen molar-refractivity contribution in [1.82, 2.24) is 5.32 Å². The van der Waals surface area contributed by atoms with Crippen LogP contribution < -0.4 is 5.32 Å². The molecule has 0 aliphatic carbocycles. The summed E-state index contributed by atoms with van der Waals surface area (Å²) < 4.78 is 0. The van der Waals surface area contributed by atoms with Crippen molar-refractivity contribution in [3.05, 3.63) is 29.8 Å². The van der Waals surface area contributed by atoms with Crippen molar-refractivity contribution in [2.45, 2.75) is 25.8 Å². The molecule has 0 aromatic heterocycles. The number of carboxylic acids is 1. The summed E-state index contributed by atoms with van der Waals surface area (Å²) in [5.41, 5.74) is 1.12. The maximum Gasteiger partial charge on any atom is 0.304 e. The van der Waals surface area contributed by atoms with Gasteiger partial charge in [0.15, 0.2) is 0 Å². The van der Waals surface area contributed by atoms with Crippen LogP contribution in [0, 0.1) is 0 Å². The highest BCUT2D eigenvalue weighted by molar-refractivity contribution is 5.66. The summed E-state index contributed by atoms with van der Waals surface area (Å²) in [6.45, 7) is 2.49. The molecule has 16 heavy (non-hydrogen) atoms. The molecule has 1 rings (SSSR count). The first-order chi connectivity index (χ1) is 7.58. The molecule has 1 atom stereocenters. The molecule has 4 heteroatoms. The minimum atomic E-state index is -0.788. The molecular weight excluding hydrogens is 206 g/mol. The van der Waals surface area contributed by atoms with E-state index < -0.39 is 5.97 Å². The number of rotatable bonds is 6. The maximum atomic E-state index is 10.3. The highest BCUT2D eigenvalue weighted by Crippen LogP contribution is 2.11. The quantitative estimate of drug-likeness (QED) is 0.681. The predicted molar refractivity (Wildman–Crippen MR) is 61.5 cm³/mol. The zero-order valence-electron chi connectivity index (χ0n) is 9.31.